The lowest BCUT2D eigenvalue weighted by molar-refractivity contribution is 0.119. The van der Waals surface area contributed by atoms with Gasteiger partial charge < -0.3 is 20.1 Å². The molecule has 1 aromatic heterocycles. The minimum atomic E-state index is 0. The zero-order chi connectivity index (χ0) is 20.6. The number of piperidine rings is 1. The van der Waals surface area contributed by atoms with Crippen LogP contribution in [-0.4, -0.2) is 64.4 Å². The molecular formula is C23H42IN7. The monoisotopic (exact) mass is 543 g/mol. The van der Waals surface area contributed by atoms with Gasteiger partial charge in [-0.1, -0.05) is 25.7 Å². The second kappa shape index (κ2) is 13.0. The zero-order valence-electron chi connectivity index (χ0n) is 19.3. The van der Waals surface area contributed by atoms with Crippen molar-refractivity contribution in [3.05, 3.63) is 11.6 Å². The smallest absolute Gasteiger partial charge is 0.191 e. The fourth-order valence-corrected chi connectivity index (χ4v) is 5.43. The standard InChI is InChI=1S/C23H41N7.HI/c1-24-23(26-19-13-17-29(18-14-19)20-9-4-2-5-10-20)25-15-8-12-22-28-27-21-11-6-3-7-16-30(21)22;/h19-20H,2-18H2,1H3,(H2,24,25,26);1H. The van der Waals surface area contributed by atoms with Gasteiger partial charge in [-0.25, -0.2) is 0 Å². The molecule has 1 aromatic rings. The molecule has 0 bridgehead atoms. The maximum Gasteiger partial charge on any atom is 0.191 e. The Morgan fingerprint density at radius 3 is 2.52 bits per heavy atom. The highest BCUT2D eigenvalue weighted by molar-refractivity contribution is 14.0. The minimum Gasteiger partial charge on any atom is -0.356 e. The Hall–Kier alpha value is -0.900. The maximum absolute atomic E-state index is 4.46. The Balaban J connectivity index is 0.00000272. The summed E-state index contributed by atoms with van der Waals surface area (Å²) in [6.07, 6.45) is 16.5. The number of nitrogens with one attached hydrogen (secondary N) is 2. The summed E-state index contributed by atoms with van der Waals surface area (Å²) in [5.41, 5.74) is 0. The van der Waals surface area contributed by atoms with Crippen LogP contribution >= 0.6 is 24.0 Å². The summed E-state index contributed by atoms with van der Waals surface area (Å²) >= 11 is 0. The molecule has 31 heavy (non-hydrogen) atoms. The van der Waals surface area contributed by atoms with E-state index in [9.17, 15) is 0 Å². The van der Waals surface area contributed by atoms with E-state index in [1.807, 2.05) is 7.05 Å². The third-order valence-corrected chi connectivity index (χ3v) is 7.24. The molecular weight excluding hydrogens is 501 g/mol. The third-order valence-electron chi connectivity index (χ3n) is 7.24. The molecule has 1 saturated carbocycles. The van der Waals surface area contributed by atoms with Crippen LogP contribution in [0.2, 0.25) is 0 Å². The molecule has 176 valence electrons. The molecule has 1 aliphatic carbocycles. The number of aliphatic imine (C=N–C) groups is 1. The highest BCUT2D eigenvalue weighted by atomic mass is 127. The number of halogens is 1. The third kappa shape index (κ3) is 7.04. The number of fused-ring (bicyclic) bond motifs is 1. The molecule has 8 heteroatoms. The lowest BCUT2D eigenvalue weighted by atomic mass is 9.92. The first-order chi connectivity index (χ1) is 14.8. The summed E-state index contributed by atoms with van der Waals surface area (Å²) in [5.74, 6) is 3.30. The van der Waals surface area contributed by atoms with Gasteiger partial charge in [0.05, 0.1) is 0 Å². The molecule has 0 unspecified atom stereocenters. The maximum atomic E-state index is 4.46. The molecule has 0 aromatic carbocycles. The molecule has 2 N–H and O–H groups in total. The molecule has 2 fully saturated rings. The summed E-state index contributed by atoms with van der Waals surface area (Å²) < 4.78 is 2.36. The first kappa shape index (κ1) is 24.7. The second-order valence-electron chi connectivity index (χ2n) is 9.34. The number of aromatic nitrogens is 3. The van der Waals surface area contributed by atoms with Gasteiger partial charge in [-0.3, -0.25) is 4.99 Å². The van der Waals surface area contributed by atoms with Gasteiger partial charge in [0.25, 0.3) is 0 Å². The number of guanidine groups is 1. The number of hydrogen-bond donors (Lipinski definition) is 2. The van der Waals surface area contributed by atoms with Crippen LogP contribution in [-0.2, 0) is 19.4 Å². The Kier molecular flexibility index (Phi) is 10.3. The van der Waals surface area contributed by atoms with Gasteiger partial charge in [0, 0.05) is 58.2 Å². The van der Waals surface area contributed by atoms with Crippen molar-refractivity contribution in [1.29, 1.82) is 0 Å². The highest BCUT2D eigenvalue weighted by Crippen LogP contribution is 2.25. The topological polar surface area (TPSA) is 70.4 Å². The van der Waals surface area contributed by atoms with Crippen LogP contribution < -0.4 is 10.6 Å². The minimum absolute atomic E-state index is 0. The molecule has 0 radical (unpaired) electrons. The van der Waals surface area contributed by atoms with Gasteiger partial charge in [-0.15, -0.1) is 34.2 Å². The SMILES string of the molecule is CN=C(NCCCc1nnc2n1CCCCC2)NC1CCN(C2CCCCC2)CC1.I. The summed E-state index contributed by atoms with van der Waals surface area (Å²) in [6, 6.07) is 1.40. The number of rotatable bonds is 6. The van der Waals surface area contributed by atoms with Gasteiger partial charge >= 0.3 is 0 Å². The lowest BCUT2D eigenvalue weighted by Crippen LogP contribution is -2.51. The molecule has 2 aliphatic heterocycles. The van der Waals surface area contributed by atoms with E-state index >= 15 is 0 Å². The number of likely N-dealkylation sites (tertiary alicyclic amines) is 1. The van der Waals surface area contributed by atoms with E-state index < -0.39 is 0 Å². The molecule has 1 saturated heterocycles. The largest absolute Gasteiger partial charge is 0.356 e. The van der Waals surface area contributed by atoms with Crippen LogP contribution in [0.5, 0.6) is 0 Å². The van der Waals surface area contributed by atoms with E-state index in [-0.39, 0.29) is 24.0 Å². The van der Waals surface area contributed by atoms with Crippen LogP contribution in [0, 0.1) is 0 Å². The van der Waals surface area contributed by atoms with E-state index in [4.69, 9.17) is 0 Å². The van der Waals surface area contributed by atoms with Crippen molar-refractivity contribution < 1.29 is 0 Å². The molecule has 0 amide bonds. The van der Waals surface area contributed by atoms with Crippen LogP contribution in [0.1, 0.15) is 82.3 Å². The molecule has 0 atom stereocenters. The van der Waals surface area contributed by atoms with Gasteiger partial charge in [-0.05, 0) is 44.9 Å². The lowest BCUT2D eigenvalue weighted by Gasteiger charge is -2.39. The fourth-order valence-electron chi connectivity index (χ4n) is 5.43. The average Bonchev–Trinajstić information content (AvgIpc) is 3.02. The van der Waals surface area contributed by atoms with Crippen molar-refractivity contribution >= 4 is 29.9 Å². The predicted molar refractivity (Wildman–Crippen MR) is 137 cm³/mol. The molecule has 7 nitrogen and oxygen atoms in total. The first-order valence-electron chi connectivity index (χ1n) is 12.5. The molecule has 3 aliphatic rings. The molecule has 0 spiro atoms. The Bertz CT molecular complexity index is 675. The van der Waals surface area contributed by atoms with Gasteiger partial charge in [0.1, 0.15) is 11.6 Å². The quantitative estimate of drug-likeness (QED) is 0.249. The van der Waals surface area contributed by atoms with Crippen LogP contribution in [0.15, 0.2) is 4.99 Å². The summed E-state index contributed by atoms with van der Waals surface area (Å²) in [6.45, 7) is 4.48. The van der Waals surface area contributed by atoms with Crippen LogP contribution in [0.25, 0.3) is 0 Å². The fraction of sp³-hybridized carbons (Fsp3) is 0.870. The normalized spacial score (nSPS) is 21.8. The van der Waals surface area contributed by atoms with Gasteiger partial charge in [0.15, 0.2) is 5.96 Å². The van der Waals surface area contributed by atoms with E-state index in [0.29, 0.717) is 6.04 Å². The Morgan fingerprint density at radius 2 is 1.74 bits per heavy atom. The second-order valence-corrected chi connectivity index (χ2v) is 9.34. The molecule has 3 heterocycles. The summed E-state index contributed by atoms with van der Waals surface area (Å²) in [5, 5.41) is 16.0. The van der Waals surface area contributed by atoms with Crippen molar-refractivity contribution in [3.8, 4) is 0 Å². The van der Waals surface area contributed by atoms with Gasteiger partial charge in [0.2, 0.25) is 0 Å². The predicted octanol–water partition coefficient (Wildman–Crippen LogP) is 3.52. The van der Waals surface area contributed by atoms with Crippen molar-refractivity contribution in [3.63, 3.8) is 0 Å². The van der Waals surface area contributed by atoms with Crippen molar-refractivity contribution in [2.45, 2.75) is 102 Å². The van der Waals surface area contributed by atoms with E-state index in [1.54, 1.807) is 0 Å². The summed E-state index contributed by atoms with van der Waals surface area (Å²) in [4.78, 5) is 7.20. The highest BCUT2D eigenvalue weighted by Gasteiger charge is 2.26. The van der Waals surface area contributed by atoms with Crippen molar-refractivity contribution in [2.75, 3.05) is 26.7 Å². The number of nitrogens with zero attached hydrogens (tertiary/aromatic N) is 5. The van der Waals surface area contributed by atoms with Crippen molar-refractivity contribution in [1.82, 2.24) is 30.3 Å². The summed E-state index contributed by atoms with van der Waals surface area (Å²) in [7, 11) is 1.88. The van der Waals surface area contributed by atoms with Crippen LogP contribution in [0.3, 0.4) is 0 Å². The molecule has 4 rings (SSSR count). The van der Waals surface area contributed by atoms with Crippen molar-refractivity contribution in [2.24, 2.45) is 4.99 Å². The van der Waals surface area contributed by atoms with E-state index in [2.05, 4.69) is 35.3 Å². The zero-order valence-corrected chi connectivity index (χ0v) is 21.7. The average molecular weight is 544 g/mol. The number of aryl methyl sites for hydroxylation is 2. The Morgan fingerprint density at radius 1 is 0.968 bits per heavy atom. The number of hydrogen-bond acceptors (Lipinski definition) is 4. The first-order valence-corrected chi connectivity index (χ1v) is 12.5. The van der Waals surface area contributed by atoms with Crippen LogP contribution in [0.4, 0.5) is 0 Å². The van der Waals surface area contributed by atoms with E-state index in [0.717, 1.165) is 50.2 Å². The van der Waals surface area contributed by atoms with E-state index in [1.165, 1.54) is 83.1 Å². The van der Waals surface area contributed by atoms with Gasteiger partial charge in [-0.2, -0.15) is 0 Å². The Labute approximate surface area is 205 Å².